The predicted molar refractivity (Wildman–Crippen MR) is 104 cm³/mol. The van der Waals surface area contributed by atoms with Gasteiger partial charge in [0.25, 0.3) is 5.91 Å². The van der Waals surface area contributed by atoms with Gasteiger partial charge in [-0.1, -0.05) is 24.3 Å². The van der Waals surface area contributed by atoms with Gasteiger partial charge in [-0.2, -0.15) is 5.26 Å². The van der Waals surface area contributed by atoms with Crippen LogP contribution in [0.15, 0.2) is 77.8 Å². The number of carbonyl (C=O) groups excluding carboxylic acids is 1. The fourth-order valence-corrected chi connectivity index (χ4v) is 3.49. The zero-order valence-electron chi connectivity index (χ0n) is 14.7. The van der Waals surface area contributed by atoms with Gasteiger partial charge in [-0.15, -0.1) is 0 Å². The number of rotatable bonds is 6. The average Bonchev–Trinajstić information content (AvgIpc) is 2.73. The number of hydrogen-bond donors (Lipinski definition) is 2. The molecule has 1 amide bonds. The van der Waals surface area contributed by atoms with Crippen molar-refractivity contribution in [3.8, 4) is 6.07 Å². The van der Waals surface area contributed by atoms with Crippen molar-refractivity contribution < 1.29 is 13.2 Å². The van der Waals surface area contributed by atoms with E-state index in [1.807, 2.05) is 6.07 Å². The molecular formula is C20H16N4O3S. The van der Waals surface area contributed by atoms with Crippen molar-refractivity contribution in [2.24, 2.45) is 0 Å². The van der Waals surface area contributed by atoms with E-state index in [1.165, 1.54) is 24.3 Å². The second-order valence-corrected chi connectivity index (χ2v) is 7.55. The lowest BCUT2D eigenvalue weighted by Crippen LogP contribution is -2.24. The van der Waals surface area contributed by atoms with E-state index in [1.54, 1.807) is 48.7 Å². The summed E-state index contributed by atoms with van der Waals surface area (Å²) in [4.78, 5) is 16.5. The molecule has 1 aromatic heterocycles. The van der Waals surface area contributed by atoms with Crippen LogP contribution in [0.5, 0.6) is 0 Å². The van der Waals surface area contributed by atoms with Gasteiger partial charge in [0.15, 0.2) is 0 Å². The van der Waals surface area contributed by atoms with Gasteiger partial charge in [0.2, 0.25) is 10.0 Å². The van der Waals surface area contributed by atoms with Crippen LogP contribution in [0.4, 0.5) is 5.69 Å². The van der Waals surface area contributed by atoms with E-state index >= 15 is 0 Å². The maximum atomic E-state index is 12.5. The number of amides is 1. The highest BCUT2D eigenvalue weighted by molar-refractivity contribution is 7.89. The molecule has 140 valence electrons. The Labute approximate surface area is 162 Å². The molecule has 7 nitrogen and oxygen atoms in total. The maximum Gasteiger partial charge on any atom is 0.255 e. The number of anilines is 1. The Balaban J connectivity index is 1.77. The number of aromatic nitrogens is 1. The maximum absolute atomic E-state index is 12.5. The highest BCUT2D eigenvalue weighted by Gasteiger charge is 2.17. The quantitative estimate of drug-likeness (QED) is 0.670. The number of hydrogen-bond acceptors (Lipinski definition) is 5. The van der Waals surface area contributed by atoms with Crippen LogP contribution in [-0.4, -0.2) is 19.3 Å². The van der Waals surface area contributed by atoms with Crippen LogP contribution < -0.4 is 10.0 Å². The predicted octanol–water partition coefficient (Wildman–Crippen LogP) is 2.68. The molecular weight excluding hydrogens is 376 g/mol. The van der Waals surface area contributed by atoms with Crippen molar-refractivity contribution in [1.82, 2.24) is 9.71 Å². The van der Waals surface area contributed by atoms with Crippen molar-refractivity contribution in [3.63, 3.8) is 0 Å². The van der Waals surface area contributed by atoms with Gasteiger partial charge >= 0.3 is 0 Å². The van der Waals surface area contributed by atoms with Gasteiger partial charge in [-0.3, -0.25) is 9.78 Å². The lowest BCUT2D eigenvalue weighted by molar-refractivity contribution is 0.102. The van der Waals surface area contributed by atoms with Gasteiger partial charge in [0.1, 0.15) is 6.07 Å². The number of benzene rings is 2. The summed E-state index contributed by atoms with van der Waals surface area (Å²) in [5, 5.41) is 11.7. The van der Waals surface area contributed by atoms with Crippen LogP contribution in [0.2, 0.25) is 0 Å². The van der Waals surface area contributed by atoms with E-state index in [0.717, 1.165) is 0 Å². The monoisotopic (exact) mass is 392 g/mol. The molecule has 0 saturated heterocycles. The summed E-state index contributed by atoms with van der Waals surface area (Å²) >= 11 is 0. The van der Waals surface area contributed by atoms with E-state index < -0.39 is 15.9 Å². The summed E-state index contributed by atoms with van der Waals surface area (Å²) in [5.74, 6) is -0.510. The lowest BCUT2D eigenvalue weighted by atomic mass is 10.1. The molecule has 28 heavy (non-hydrogen) atoms. The second kappa shape index (κ2) is 8.43. The largest absolute Gasteiger partial charge is 0.321 e. The molecule has 0 spiro atoms. The molecule has 2 aromatic carbocycles. The zero-order chi connectivity index (χ0) is 20.0. The fourth-order valence-electron chi connectivity index (χ4n) is 2.44. The SMILES string of the molecule is N#Cc1ccccc1NC(=O)c1cccc(S(=O)(=O)NCc2ccccn2)c1. The number of para-hydroxylation sites is 1. The van der Waals surface area contributed by atoms with Crippen LogP contribution >= 0.6 is 0 Å². The summed E-state index contributed by atoms with van der Waals surface area (Å²) in [6, 6.07) is 19.4. The van der Waals surface area contributed by atoms with E-state index in [9.17, 15) is 13.2 Å². The summed E-state index contributed by atoms with van der Waals surface area (Å²) in [5.41, 5.74) is 1.41. The first-order valence-electron chi connectivity index (χ1n) is 8.30. The second-order valence-electron chi connectivity index (χ2n) is 5.78. The first-order chi connectivity index (χ1) is 13.5. The Bertz CT molecular complexity index is 1140. The van der Waals surface area contributed by atoms with Gasteiger partial charge in [-0.05, 0) is 42.5 Å². The third-order valence-electron chi connectivity index (χ3n) is 3.87. The molecule has 0 radical (unpaired) electrons. The third-order valence-corrected chi connectivity index (χ3v) is 5.27. The molecule has 0 atom stereocenters. The molecule has 0 fully saturated rings. The smallest absolute Gasteiger partial charge is 0.255 e. The Morgan fingerprint density at radius 1 is 1.04 bits per heavy atom. The first-order valence-corrected chi connectivity index (χ1v) is 9.78. The average molecular weight is 392 g/mol. The Kier molecular flexibility index (Phi) is 5.79. The Hall–Kier alpha value is -3.54. The summed E-state index contributed by atoms with van der Waals surface area (Å²) in [6.45, 7) is 0.0368. The van der Waals surface area contributed by atoms with E-state index in [4.69, 9.17) is 5.26 Å². The molecule has 0 bridgehead atoms. The minimum Gasteiger partial charge on any atom is -0.321 e. The van der Waals surface area contributed by atoms with Gasteiger partial charge in [0.05, 0.1) is 28.4 Å². The van der Waals surface area contributed by atoms with E-state index in [0.29, 0.717) is 16.9 Å². The number of nitriles is 1. The first kappa shape index (κ1) is 19.2. The van der Waals surface area contributed by atoms with Crippen molar-refractivity contribution in [2.75, 3.05) is 5.32 Å². The summed E-state index contributed by atoms with van der Waals surface area (Å²) in [6.07, 6.45) is 1.58. The Morgan fingerprint density at radius 3 is 2.57 bits per heavy atom. The number of nitrogens with one attached hydrogen (secondary N) is 2. The van der Waals surface area contributed by atoms with Crippen molar-refractivity contribution in [3.05, 3.63) is 89.7 Å². The van der Waals surface area contributed by atoms with Crippen molar-refractivity contribution >= 4 is 21.6 Å². The molecule has 8 heteroatoms. The van der Waals surface area contributed by atoms with Crippen LogP contribution in [0, 0.1) is 11.3 Å². The van der Waals surface area contributed by atoms with E-state index in [-0.39, 0.29) is 17.0 Å². The fraction of sp³-hybridized carbons (Fsp3) is 0.0500. The summed E-state index contributed by atoms with van der Waals surface area (Å²) in [7, 11) is -3.82. The molecule has 0 aliphatic heterocycles. The molecule has 1 heterocycles. The van der Waals surface area contributed by atoms with Gasteiger partial charge < -0.3 is 5.32 Å². The lowest BCUT2D eigenvalue weighted by Gasteiger charge is -2.09. The highest BCUT2D eigenvalue weighted by atomic mass is 32.2. The topological polar surface area (TPSA) is 112 Å². The van der Waals surface area contributed by atoms with Crippen molar-refractivity contribution in [2.45, 2.75) is 11.4 Å². The molecule has 0 aliphatic carbocycles. The molecule has 2 N–H and O–H groups in total. The third kappa shape index (κ3) is 4.59. The van der Waals surface area contributed by atoms with Gasteiger partial charge in [-0.25, -0.2) is 13.1 Å². The number of sulfonamides is 1. The van der Waals surface area contributed by atoms with Crippen LogP contribution in [0.1, 0.15) is 21.6 Å². The zero-order valence-corrected chi connectivity index (χ0v) is 15.5. The van der Waals surface area contributed by atoms with Gasteiger partial charge in [0, 0.05) is 11.8 Å². The minimum atomic E-state index is -3.82. The number of pyridine rings is 1. The highest BCUT2D eigenvalue weighted by Crippen LogP contribution is 2.17. The molecule has 0 saturated carbocycles. The number of carbonyl (C=O) groups is 1. The van der Waals surface area contributed by atoms with E-state index in [2.05, 4.69) is 15.0 Å². The van der Waals surface area contributed by atoms with Crippen LogP contribution in [0.25, 0.3) is 0 Å². The minimum absolute atomic E-state index is 0.0368. The molecule has 3 aromatic rings. The standard InChI is InChI=1S/C20H16N4O3S/c21-13-16-6-1-2-10-19(16)24-20(25)15-7-5-9-18(12-15)28(26,27)23-14-17-8-3-4-11-22-17/h1-12,23H,14H2,(H,24,25). The summed E-state index contributed by atoms with van der Waals surface area (Å²) < 4.78 is 27.5. The molecule has 0 unspecified atom stereocenters. The van der Waals surface area contributed by atoms with Crippen LogP contribution in [-0.2, 0) is 16.6 Å². The van der Waals surface area contributed by atoms with Crippen LogP contribution in [0.3, 0.4) is 0 Å². The normalized spacial score (nSPS) is 10.8. The molecule has 0 aliphatic rings. The Morgan fingerprint density at radius 2 is 1.82 bits per heavy atom. The number of nitrogens with zero attached hydrogens (tertiary/aromatic N) is 2. The van der Waals surface area contributed by atoms with Crippen molar-refractivity contribution in [1.29, 1.82) is 5.26 Å². The molecule has 3 rings (SSSR count).